The Morgan fingerprint density at radius 2 is 2.13 bits per heavy atom. The highest BCUT2D eigenvalue weighted by atomic mass is 32.2. The first-order valence-electron chi connectivity index (χ1n) is 5.38. The van der Waals surface area contributed by atoms with Gasteiger partial charge in [0.2, 0.25) is 0 Å². The third-order valence-electron chi connectivity index (χ3n) is 2.75. The van der Waals surface area contributed by atoms with Crippen LogP contribution >= 0.6 is 11.8 Å². The number of rotatable bonds is 3. The van der Waals surface area contributed by atoms with Gasteiger partial charge in [-0.2, -0.15) is 11.8 Å². The van der Waals surface area contributed by atoms with Crippen molar-refractivity contribution in [2.75, 3.05) is 5.75 Å². The fourth-order valence-electron chi connectivity index (χ4n) is 1.99. The molecule has 0 amide bonds. The van der Waals surface area contributed by atoms with Crippen molar-refractivity contribution in [3.63, 3.8) is 0 Å². The number of hydrogen-bond acceptors (Lipinski definition) is 3. The van der Waals surface area contributed by atoms with Crippen LogP contribution in [-0.4, -0.2) is 28.1 Å². The van der Waals surface area contributed by atoms with Crippen LogP contribution in [0.4, 0.5) is 0 Å². The smallest absolute Gasteiger partial charge is 0.303 e. The predicted molar refractivity (Wildman–Crippen MR) is 64.0 cm³/mol. The van der Waals surface area contributed by atoms with Crippen molar-refractivity contribution >= 4 is 17.7 Å². The molecule has 3 N–H and O–H groups in total. The minimum atomic E-state index is -0.729. The van der Waals surface area contributed by atoms with E-state index >= 15 is 0 Å². The molecule has 1 rings (SSSR count). The monoisotopic (exact) mass is 231 g/mol. The Kier molecular flexibility index (Phi) is 4.06. The van der Waals surface area contributed by atoms with Gasteiger partial charge in [0, 0.05) is 11.3 Å². The Morgan fingerprint density at radius 1 is 1.53 bits per heavy atom. The molecule has 1 saturated heterocycles. The zero-order chi connectivity index (χ0) is 11.6. The van der Waals surface area contributed by atoms with Crippen LogP contribution in [-0.2, 0) is 4.79 Å². The summed E-state index contributed by atoms with van der Waals surface area (Å²) < 4.78 is 0. The van der Waals surface area contributed by atoms with E-state index in [-0.39, 0.29) is 23.8 Å². The van der Waals surface area contributed by atoms with Crippen molar-refractivity contribution in [3.05, 3.63) is 0 Å². The van der Waals surface area contributed by atoms with Crippen LogP contribution in [0.3, 0.4) is 0 Å². The van der Waals surface area contributed by atoms with Gasteiger partial charge in [-0.3, -0.25) is 4.79 Å². The second-order valence-electron chi connectivity index (χ2n) is 5.57. The highest BCUT2D eigenvalue weighted by Gasteiger charge is 2.36. The van der Waals surface area contributed by atoms with E-state index in [2.05, 4.69) is 20.8 Å². The molecule has 0 spiro atoms. The van der Waals surface area contributed by atoms with Crippen LogP contribution in [0.2, 0.25) is 0 Å². The van der Waals surface area contributed by atoms with Gasteiger partial charge in [-0.1, -0.05) is 20.8 Å². The Hall–Kier alpha value is -0.220. The summed E-state index contributed by atoms with van der Waals surface area (Å²) in [5.41, 5.74) is 6.37. The Bertz CT molecular complexity index is 237. The van der Waals surface area contributed by atoms with E-state index in [1.165, 1.54) is 0 Å². The lowest BCUT2D eigenvalue weighted by Gasteiger charge is -2.26. The molecule has 4 heteroatoms. The van der Waals surface area contributed by atoms with Crippen molar-refractivity contribution in [3.8, 4) is 0 Å². The van der Waals surface area contributed by atoms with Crippen LogP contribution in [0.5, 0.6) is 0 Å². The molecule has 15 heavy (non-hydrogen) atoms. The summed E-state index contributed by atoms with van der Waals surface area (Å²) in [6.07, 6.45) is 1.28. The van der Waals surface area contributed by atoms with Crippen LogP contribution in [0, 0.1) is 11.3 Å². The van der Waals surface area contributed by atoms with Gasteiger partial charge in [-0.15, -0.1) is 0 Å². The Morgan fingerprint density at radius 3 is 2.60 bits per heavy atom. The van der Waals surface area contributed by atoms with E-state index < -0.39 is 5.97 Å². The number of hydrogen-bond donors (Lipinski definition) is 2. The lowest BCUT2D eigenvalue weighted by Crippen LogP contribution is -2.37. The molecule has 1 aliphatic heterocycles. The first-order valence-corrected chi connectivity index (χ1v) is 6.43. The summed E-state index contributed by atoms with van der Waals surface area (Å²) in [7, 11) is 0. The maximum atomic E-state index is 10.6. The van der Waals surface area contributed by atoms with Crippen molar-refractivity contribution in [2.45, 2.75) is 44.9 Å². The summed E-state index contributed by atoms with van der Waals surface area (Å²) in [4.78, 5) is 10.6. The topological polar surface area (TPSA) is 63.3 Å². The third-order valence-corrected chi connectivity index (χ3v) is 4.28. The van der Waals surface area contributed by atoms with E-state index in [0.29, 0.717) is 5.25 Å². The standard InChI is InChI=1S/C11H21NO2S/c1-11(2,3)5-8-10(12)7(6-15-8)4-9(13)14/h7-8,10H,4-6,12H2,1-3H3,(H,13,14). The largest absolute Gasteiger partial charge is 0.481 e. The molecule has 0 aromatic rings. The zero-order valence-corrected chi connectivity index (χ0v) is 10.5. The molecule has 3 atom stereocenters. The van der Waals surface area contributed by atoms with E-state index in [4.69, 9.17) is 10.8 Å². The molecule has 1 fully saturated rings. The highest BCUT2D eigenvalue weighted by molar-refractivity contribution is 8.00. The molecule has 1 heterocycles. The average molecular weight is 231 g/mol. The maximum absolute atomic E-state index is 10.6. The van der Waals surface area contributed by atoms with E-state index in [1.807, 2.05) is 11.8 Å². The van der Waals surface area contributed by atoms with Gasteiger partial charge in [-0.05, 0) is 23.5 Å². The average Bonchev–Trinajstić information content (AvgIpc) is 2.32. The van der Waals surface area contributed by atoms with Gasteiger partial charge in [0.15, 0.2) is 0 Å². The lowest BCUT2D eigenvalue weighted by molar-refractivity contribution is -0.138. The fraction of sp³-hybridized carbons (Fsp3) is 0.909. The van der Waals surface area contributed by atoms with Crippen LogP contribution in [0.1, 0.15) is 33.6 Å². The molecular weight excluding hydrogens is 210 g/mol. The molecule has 0 aromatic carbocycles. The summed E-state index contributed by atoms with van der Waals surface area (Å²) in [6, 6.07) is 0.0466. The van der Waals surface area contributed by atoms with Gasteiger partial charge in [0.25, 0.3) is 0 Å². The first-order chi connectivity index (χ1) is 6.79. The normalized spacial score (nSPS) is 31.9. The molecule has 3 unspecified atom stereocenters. The molecule has 3 nitrogen and oxygen atoms in total. The van der Waals surface area contributed by atoms with Gasteiger partial charge < -0.3 is 10.8 Å². The van der Waals surface area contributed by atoms with Crippen molar-refractivity contribution in [2.24, 2.45) is 17.1 Å². The second kappa shape index (κ2) is 4.74. The van der Waals surface area contributed by atoms with Crippen LogP contribution in [0.15, 0.2) is 0 Å². The fourth-order valence-corrected chi connectivity index (χ4v) is 3.89. The molecule has 0 aromatic heterocycles. The van der Waals surface area contributed by atoms with Crippen LogP contribution in [0.25, 0.3) is 0 Å². The minimum absolute atomic E-state index is 0.0466. The van der Waals surface area contributed by atoms with E-state index in [0.717, 1.165) is 12.2 Å². The van der Waals surface area contributed by atoms with Gasteiger partial charge in [0.1, 0.15) is 0 Å². The van der Waals surface area contributed by atoms with Gasteiger partial charge in [-0.25, -0.2) is 0 Å². The highest BCUT2D eigenvalue weighted by Crippen LogP contribution is 2.38. The van der Waals surface area contributed by atoms with Gasteiger partial charge >= 0.3 is 5.97 Å². The SMILES string of the molecule is CC(C)(C)CC1SCC(CC(=O)O)C1N. The number of thioether (sulfide) groups is 1. The minimum Gasteiger partial charge on any atom is -0.481 e. The molecule has 0 radical (unpaired) electrons. The van der Waals surface area contributed by atoms with E-state index in [1.54, 1.807) is 0 Å². The predicted octanol–water partition coefficient (Wildman–Crippen LogP) is 1.96. The first kappa shape index (κ1) is 12.8. The molecular formula is C11H21NO2S. The molecule has 88 valence electrons. The number of aliphatic carboxylic acids is 1. The summed E-state index contributed by atoms with van der Waals surface area (Å²) in [5.74, 6) is 0.320. The quantitative estimate of drug-likeness (QED) is 0.779. The number of nitrogens with two attached hydrogens (primary N) is 1. The van der Waals surface area contributed by atoms with Crippen molar-refractivity contribution in [1.82, 2.24) is 0 Å². The maximum Gasteiger partial charge on any atom is 0.303 e. The molecule has 1 aliphatic rings. The zero-order valence-electron chi connectivity index (χ0n) is 9.69. The molecule has 0 aliphatic carbocycles. The number of carboxylic acid groups (broad SMARTS) is 1. The summed E-state index contributed by atoms with van der Waals surface area (Å²) >= 11 is 1.84. The number of carbonyl (C=O) groups is 1. The number of carboxylic acids is 1. The lowest BCUT2D eigenvalue weighted by atomic mass is 9.85. The Labute approximate surface area is 95.8 Å². The van der Waals surface area contributed by atoms with E-state index in [9.17, 15) is 4.79 Å². The van der Waals surface area contributed by atoms with Gasteiger partial charge in [0.05, 0.1) is 6.42 Å². The Balaban J connectivity index is 2.49. The summed E-state index contributed by atoms with van der Waals surface area (Å²) in [6.45, 7) is 6.60. The second-order valence-corrected chi connectivity index (χ2v) is 6.84. The van der Waals surface area contributed by atoms with Crippen LogP contribution < -0.4 is 5.73 Å². The molecule has 0 bridgehead atoms. The third kappa shape index (κ3) is 4.03. The van der Waals surface area contributed by atoms with Crippen molar-refractivity contribution in [1.29, 1.82) is 0 Å². The molecule has 0 saturated carbocycles. The summed E-state index contributed by atoms with van der Waals surface area (Å²) in [5, 5.41) is 9.17. The van der Waals surface area contributed by atoms with Crippen molar-refractivity contribution < 1.29 is 9.90 Å².